The Bertz CT molecular complexity index is 1180. The summed E-state index contributed by atoms with van der Waals surface area (Å²) in [5.41, 5.74) is 1.20. The molecule has 4 rings (SSSR count). The van der Waals surface area contributed by atoms with Crippen LogP contribution in [0.1, 0.15) is 11.6 Å². The Kier molecular flexibility index (Phi) is 6.70. The van der Waals surface area contributed by atoms with Crippen LogP contribution >= 0.6 is 46.4 Å². The maximum atomic E-state index is 12.3. The maximum absolute atomic E-state index is 12.3. The predicted molar refractivity (Wildman–Crippen MR) is 117 cm³/mol. The van der Waals surface area contributed by atoms with E-state index in [4.69, 9.17) is 46.4 Å². The monoisotopic (exact) mass is 512 g/mol. The predicted octanol–water partition coefficient (Wildman–Crippen LogP) is 3.25. The molecular formula is C17H12Cl4N10O. The second-order valence-electron chi connectivity index (χ2n) is 6.25. The number of halogens is 4. The maximum Gasteiger partial charge on any atom is 0.315 e. The van der Waals surface area contributed by atoms with Crippen molar-refractivity contribution < 1.29 is 4.79 Å². The van der Waals surface area contributed by atoms with E-state index in [-0.39, 0.29) is 13.1 Å². The van der Waals surface area contributed by atoms with E-state index in [2.05, 4.69) is 41.7 Å². The molecule has 32 heavy (non-hydrogen) atoms. The molecule has 0 aliphatic carbocycles. The first kappa shape index (κ1) is 22.2. The van der Waals surface area contributed by atoms with E-state index in [0.717, 1.165) is 0 Å². The summed E-state index contributed by atoms with van der Waals surface area (Å²) in [7, 11) is 0. The lowest BCUT2D eigenvalue weighted by molar-refractivity contribution is 0.239. The standard InChI is InChI=1S/C17H12Cl4N10O/c18-11-3-1-9(5-13(11)20)30-15(24-26-28-30)7-22-17(32)23-8-16-25-27-29-31(16)10-2-4-12(19)14(21)6-10/h1-6H,7-8H2,(H2,22,23,32). The Morgan fingerprint density at radius 1 is 0.719 bits per heavy atom. The van der Waals surface area contributed by atoms with Gasteiger partial charge in [-0.25, -0.2) is 4.79 Å². The number of benzene rings is 2. The molecule has 4 aromatic rings. The molecule has 0 saturated carbocycles. The van der Waals surface area contributed by atoms with Crippen LogP contribution in [-0.4, -0.2) is 46.4 Å². The second kappa shape index (κ2) is 9.65. The normalized spacial score (nSPS) is 10.9. The first-order valence-corrected chi connectivity index (χ1v) is 10.4. The van der Waals surface area contributed by atoms with Gasteiger partial charge in [-0.3, -0.25) is 0 Å². The molecular weight excluding hydrogens is 502 g/mol. The molecule has 2 heterocycles. The van der Waals surface area contributed by atoms with Gasteiger partial charge in [0.05, 0.1) is 44.6 Å². The Hall–Kier alpha value is -2.99. The third-order valence-electron chi connectivity index (χ3n) is 4.18. The van der Waals surface area contributed by atoms with Crippen molar-refractivity contribution in [3.8, 4) is 11.4 Å². The van der Waals surface area contributed by atoms with Crippen molar-refractivity contribution in [2.24, 2.45) is 0 Å². The molecule has 0 spiro atoms. The van der Waals surface area contributed by atoms with Gasteiger partial charge in [-0.1, -0.05) is 46.4 Å². The van der Waals surface area contributed by atoms with Crippen LogP contribution in [0.4, 0.5) is 4.79 Å². The lowest BCUT2D eigenvalue weighted by atomic mass is 10.3. The van der Waals surface area contributed by atoms with Crippen LogP contribution in [0.15, 0.2) is 36.4 Å². The fraction of sp³-hybridized carbons (Fsp3) is 0.118. The van der Waals surface area contributed by atoms with E-state index in [1.165, 1.54) is 9.36 Å². The zero-order chi connectivity index (χ0) is 22.7. The van der Waals surface area contributed by atoms with Crippen LogP contribution in [0.2, 0.25) is 20.1 Å². The molecule has 2 amide bonds. The van der Waals surface area contributed by atoms with Gasteiger partial charge in [-0.15, -0.1) is 10.2 Å². The smallest absolute Gasteiger partial charge is 0.315 e. The molecule has 0 aliphatic rings. The minimum absolute atomic E-state index is 0.0524. The Morgan fingerprint density at radius 2 is 1.16 bits per heavy atom. The highest BCUT2D eigenvalue weighted by atomic mass is 35.5. The van der Waals surface area contributed by atoms with Crippen molar-refractivity contribution in [2.45, 2.75) is 13.1 Å². The summed E-state index contributed by atoms with van der Waals surface area (Å²) in [6.07, 6.45) is 0. The first-order chi connectivity index (χ1) is 15.4. The molecule has 0 atom stereocenters. The summed E-state index contributed by atoms with van der Waals surface area (Å²) in [5.74, 6) is 0.776. The number of hydrogen-bond acceptors (Lipinski definition) is 7. The van der Waals surface area contributed by atoms with Gasteiger partial charge in [0.1, 0.15) is 0 Å². The number of carbonyl (C=O) groups excluding carboxylic acids is 1. The van der Waals surface area contributed by atoms with E-state index in [1.807, 2.05) is 0 Å². The quantitative estimate of drug-likeness (QED) is 0.405. The van der Waals surface area contributed by atoms with Gasteiger partial charge < -0.3 is 10.6 Å². The van der Waals surface area contributed by atoms with E-state index >= 15 is 0 Å². The highest BCUT2D eigenvalue weighted by Gasteiger charge is 2.13. The largest absolute Gasteiger partial charge is 0.331 e. The summed E-state index contributed by atoms with van der Waals surface area (Å²) < 4.78 is 2.88. The van der Waals surface area contributed by atoms with Gasteiger partial charge in [0.25, 0.3) is 0 Å². The van der Waals surface area contributed by atoms with Crippen LogP contribution in [0.3, 0.4) is 0 Å². The van der Waals surface area contributed by atoms with E-state index in [9.17, 15) is 4.79 Å². The molecule has 0 unspecified atom stereocenters. The van der Waals surface area contributed by atoms with Gasteiger partial charge in [0, 0.05) is 0 Å². The summed E-state index contributed by atoms with van der Waals surface area (Å²) in [5, 5.41) is 29.8. The Balaban J connectivity index is 1.37. The molecule has 0 radical (unpaired) electrons. The van der Waals surface area contributed by atoms with Crippen molar-refractivity contribution in [1.82, 2.24) is 51.0 Å². The fourth-order valence-electron chi connectivity index (χ4n) is 2.65. The SMILES string of the molecule is O=C(NCc1nnnn1-c1ccc(Cl)c(Cl)c1)NCc1nnnn1-c1ccc(Cl)c(Cl)c1. The molecule has 0 saturated heterocycles. The minimum Gasteiger partial charge on any atom is -0.331 e. The van der Waals surface area contributed by atoms with Gasteiger partial charge in [-0.2, -0.15) is 9.36 Å². The molecule has 11 nitrogen and oxygen atoms in total. The van der Waals surface area contributed by atoms with Crippen LogP contribution in [0.25, 0.3) is 11.4 Å². The topological polar surface area (TPSA) is 128 Å². The number of urea groups is 1. The summed E-state index contributed by atoms with van der Waals surface area (Å²) in [6, 6.07) is 9.43. The number of carbonyl (C=O) groups is 1. The molecule has 0 fully saturated rings. The van der Waals surface area contributed by atoms with Crippen molar-refractivity contribution in [3.05, 3.63) is 68.1 Å². The van der Waals surface area contributed by atoms with Gasteiger partial charge in [0.15, 0.2) is 11.6 Å². The number of nitrogens with zero attached hydrogens (tertiary/aromatic N) is 8. The average molecular weight is 514 g/mol. The summed E-state index contributed by atoms with van der Waals surface area (Å²) in [6.45, 7) is 0.105. The molecule has 2 aromatic heterocycles. The van der Waals surface area contributed by atoms with Crippen LogP contribution in [-0.2, 0) is 13.1 Å². The zero-order valence-electron chi connectivity index (χ0n) is 15.9. The number of hydrogen-bond donors (Lipinski definition) is 2. The molecule has 0 bridgehead atoms. The summed E-state index contributed by atoms with van der Waals surface area (Å²) >= 11 is 24.0. The van der Waals surface area contributed by atoms with Crippen molar-refractivity contribution in [2.75, 3.05) is 0 Å². The van der Waals surface area contributed by atoms with Crippen LogP contribution < -0.4 is 10.6 Å². The van der Waals surface area contributed by atoms with Crippen molar-refractivity contribution in [1.29, 1.82) is 0 Å². The third-order valence-corrected chi connectivity index (χ3v) is 5.66. The molecule has 0 aliphatic heterocycles. The highest BCUT2D eigenvalue weighted by molar-refractivity contribution is 6.42. The van der Waals surface area contributed by atoms with E-state index < -0.39 is 6.03 Å². The average Bonchev–Trinajstić information content (AvgIpc) is 3.44. The Morgan fingerprint density at radius 3 is 1.56 bits per heavy atom. The molecule has 2 N–H and O–H groups in total. The molecule has 15 heteroatoms. The Labute approximate surface area is 200 Å². The minimum atomic E-state index is -0.475. The van der Waals surface area contributed by atoms with E-state index in [0.29, 0.717) is 43.1 Å². The second-order valence-corrected chi connectivity index (χ2v) is 7.88. The fourth-order valence-corrected chi connectivity index (χ4v) is 3.23. The van der Waals surface area contributed by atoms with Crippen LogP contribution in [0, 0.1) is 0 Å². The molecule has 164 valence electrons. The summed E-state index contributed by atoms with van der Waals surface area (Å²) in [4.78, 5) is 12.3. The molecule has 2 aromatic carbocycles. The van der Waals surface area contributed by atoms with Crippen molar-refractivity contribution >= 4 is 52.4 Å². The third kappa shape index (κ3) is 4.91. The zero-order valence-corrected chi connectivity index (χ0v) is 18.9. The number of rotatable bonds is 6. The number of aromatic nitrogens is 8. The van der Waals surface area contributed by atoms with Crippen LogP contribution in [0.5, 0.6) is 0 Å². The number of nitrogens with one attached hydrogen (secondary N) is 2. The first-order valence-electron chi connectivity index (χ1n) is 8.89. The van der Waals surface area contributed by atoms with Gasteiger partial charge in [-0.05, 0) is 57.3 Å². The number of tetrazole rings is 2. The van der Waals surface area contributed by atoms with Gasteiger partial charge in [0.2, 0.25) is 0 Å². The van der Waals surface area contributed by atoms with E-state index in [1.54, 1.807) is 36.4 Å². The lowest BCUT2D eigenvalue weighted by Crippen LogP contribution is -2.36. The van der Waals surface area contributed by atoms with Gasteiger partial charge >= 0.3 is 6.03 Å². The number of amides is 2. The lowest BCUT2D eigenvalue weighted by Gasteiger charge is -2.09. The van der Waals surface area contributed by atoms with Crippen molar-refractivity contribution in [3.63, 3.8) is 0 Å². The highest BCUT2D eigenvalue weighted by Crippen LogP contribution is 2.25.